The van der Waals surface area contributed by atoms with Crippen molar-refractivity contribution in [2.75, 3.05) is 54.6 Å². The van der Waals surface area contributed by atoms with Gasteiger partial charge in [-0.15, -0.1) is 0 Å². The Labute approximate surface area is 323 Å². The number of aromatic nitrogens is 4. The number of piperidine rings is 1. The van der Waals surface area contributed by atoms with E-state index in [0.717, 1.165) is 95.4 Å². The molecule has 1 atom stereocenters. The first-order chi connectivity index (χ1) is 26.1. The number of hydrogen-bond donors (Lipinski definition) is 5. The van der Waals surface area contributed by atoms with Gasteiger partial charge in [0.25, 0.3) is 0 Å². The van der Waals surface area contributed by atoms with E-state index in [-0.39, 0.29) is 5.92 Å². The Morgan fingerprint density at radius 2 is 1.78 bits per heavy atom. The van der Waals surface area contributed by atoms with Crippen molar-refractivity contribution in [3.63, 3.8) is 0 Å². The number of nitrogens with one attached hydrogen (secondary N) is 5. The number of para-hydroxylation sites is 1. The molecule has 0 spiro atoms. The van der Waals surface area contributed by atoms with Gasteiger partial charge in [-0.05, 0) is 80.7 Å². The van der Waals surface area contributed by atoms with Crippen molar-refractivity contribution in [1.82, 2.24) is 30.4 Å². The molecular weight excluding hydrogens is 696 g/mol. The number of hydrogen-bond acceptors (Lipinski definition) is 10. The fourth-order valence-electron chi connectivity index (χ4n) is 7.69. The lowest BCUT2D eigenvalue weighted by Gasteiger charge is -2.30. The van der Waals surface area contributed by atoms with E-state index in [9.17, 15) is 0 Å². The first-order valence-electron chi connectivity index (χ1n) is 18.7. The van der Waals surface area contributed by atoms with Crippen LogP contribution in [0, 0.1) is 11.8 Å². The first kappa shape index (κ1) is 36.9. The van der Waals surface area contributed by atoms with Crippen LogP contribution in [0.1, 0.15) is 55.7 Å². The van der Waals surface area contributed by atoms with Gasteiger partial charge in [-0.3, -0.25) is 4.68 Å². The second-order valence-corrected chi connectivity index (χ2v) is 15.1. The molecule has 1 saturated carbocycles. The van der Waals surface area contributed by atoms with E-state index in [0.29, 0.717) is 41.0 Å². The number of likely N-dealkylation sites (N-methyl/N-ethyl adjacent to an activating group) is 2. The molecule has 2 fully saturated rings. The molecule has 12 heteroatoms. The Bertz CT molecular complexity index is 2130. The molecule has 1 saturated heterocycles. The lowest BCUT2D eigenvalue weighted by Crippen LogP contribution is -2.25. The highest BCUT2D eigenvalue weighted by Crippen LogP contribution is 2.39. The molecular formula is C42H51ClN10O. The Hall–Kier alpha value is -5.42. The summed E-state index contributed by atoms with van der Waals surface area (Å²) in [6.45, 7) is 18.6. The molecule has 1 aliphatic carbocycles. The molecule has 54 heavy (non-hydrogen) atoms. The summed E-state index contributed by atoms with van der Waals surface area (Å²) < 4.78 is 8.02. The van der Waals surface area contributed by atoms with Crippen molar-refractivity contribution in [1.29, 1.82) is 0 Å². The Morgan fingerprint density at radius 3 is 2.52 bits per heavy atom. The third kappa shape index (κ3) is 7.91. The maximum Gasteiger partial charge on any atom is 0.224 e. The molecule has 0 radical (unpaired) electrons. The van der Waals surface area contributed by atoms with E-state index < -0.39 is 0 Å². The Balaban J connectivity index is 0.921. The number of anilines is 5. The summed E-state index contributed by atoms with van der Waals surface area (Å²) in [5.41, 5.74) is 9.81. The average Bonchev–Trinajstić information content (AvgIpc) is 3.51. The standard InChI is InChI=1S/C42H51ClN10O/c1-25-11-17-33(27(3)48-25)39-34-9-8-10-36(40(34)53(7)51-39)45-21-29-12-14-30(15-13-29)22-46-42-47-23-35(43)41(50-42)49-32-16-18-37-31(19-32)20-38(28(4)52(37)6)54-24-26(2)44-5/h8-10,16,18-20,23,29-30,33,44-45,48H,1-4,11-15,17,21-22,24H2,5-7H3,(H2,46,47,49,50). The van der Waals surface area contributed by atoms with Gasteiger partial charge >= 0.3 is 0 Å². The van der Waals surface area contributed by atoms with E-state index in [1.165, 1.54) is 18.2 Å². The molecule has 4 aromatic rings. The van der Waals surface area contributed by atoms with E-state index in [1.807, 2.05) is 55.0 Å². The van der Waals surface area contributed by atoms with Crippen LogP contribution in [0.25, 0.3) is 17.0 Å². The highest BCUT2D eigenvalue weighted by atomic mass is 35.5. The molecule has 0 bridgehead atoms. The van der Waals surface area contributed by atoms with Crippen LogP contribution in [0.3, 0.4) is 0 Å². The minimum atomic E-state index is 0.181. The molecule has 7 rings (SSSR count). The summed E-state index contributed by atoms with van der Waals surface area (Å²) in [4.78, 5) is 11.2. The van der Waals surface area contributed by atoms with E-state index in [4.69, 9.17) is 26.4 Å². The fourth-order valence-corrected chi connectivity index (χ4v) is 7.83. The quantitative estimate of drug-likeness (QED) is 0.0911. The number of allylic oxidation sites excluding steroid dienone is 2. The molecule has 2 aromatic carbocycles. The maximum absolute atomic E-state index is 6.57. The van der Waals surface area contributed by atoms with Gasteiger partial charge in [-0.2, -0.15) is 10.1 Å². The highest BCUT2D eigenvalue weighted by Gasteiger charge is 2.27. The number of aryl methyl sites for hydroxylation is 1. The monoisotopic (exact) mass is 746 g/mol. The van der Waals surface area contributed by atoms with Crippen LogP contribution in [0.2, 0.25) is 5.02 Å². The van der Waals surface area contributed by atoms with Crippen LogP contribution < -0.4 is 31.5 Å². The average molecular weight is 747 g/mol. The largest absolute Gasteiger partial charge is 0.485 e. The van der Waals surface area contributed by atoms with E-state index in [1.54, 1.807) is 6.20 Å². The van der Waals surface area contributed by atoms with Gasteiger partial charge in [0.1, 0.15) is 17.4 Å². The van der Waals surface area contributed by atoms with Crippen LogP contribution in [0.4, 0.5) is 28.8 Å². The van der Waals surface area contributed by atoms with Crippen LogP contribution in [0.5, 0.6) is 0 Å². The predicted octanol–water partition coefficient (Wildman–Crippen LogP) is 8.64. The van der Waals surface area contributed by atoms with Crippen LogP contribution >= 0.6 is 11.6 Å². The lowest BCUT2D eigenvalue weighted by molar-refractivity contribution is 0.245. The van der Waals surface area contributed by atoms with Crippen molar-refractivity contribution in [3.8, 4) is 0 Å². The number of halogens is 1. The van der Waals surface area contributed by atoms with Gasteiger partial charge in [0, 0.05) is 79.6 Å². The molecule has 0 amide bonds. The SMILES string of the molecule is C=C(COC1=Cc2cc(Nc3nc(NCC4CCC(CNc5cccc6c(C7CCC(=C)NC7=C)nn(C)c56)CC4)ncc3Cl)ccc2N(C)C1=C)NC. The summed E-state index contributed by atoms with van der Waals surface area (Å²) in [5.74, 6) is 3.14. The number of nitrogens with zero attached hydrogens (tertiary/aromatic N) is 5. The van der Waals surface area contributed by atoms with Crippen molar-refractivity contribution < 1.29 is 4.74 Å². The van der Waals surface area contributed by atoms with Gasteiger partial charge in [0.05, 0.1) is 28.8 Å². The van der Waals surface area contributed by atoms with Gasteiger partial charge in [0.15, 0.2) is 5.82 Å². The topological polar surface area (TPSA) is 116 Å². The second kappa shape index (κ2) is 15.9. The molecule has 4 heterocycles. The zero-order valence-corrected chi connectivity index (χ0v) is 32.3. The summed E-state index contributed by atoms with van der Waals surface area (Å²) in [5, 5.41) is 23.6. The van der Waals surface area contributed by atoms with Crippen molar-refractivity contribution in [2.24, 2.45) is 18.9 Å². The number of ether oxygens (including phenoxy) is 1. The zero-order chi connectivity index (χ0) is 37.9. The molecule has 5 N–H and O–H groups in total. The van der Waals surface area contributed by atoms with Crippen molar-refractivity contribution >= 4 is 57.4 Å². The van der Waals surface area contributed by atoms with Gasteiger partial charge < -0.3 is 36.2 Å². The molecule has 1 unspecified atom stereocenters. The van der Waals surface area contributed by atoms with E-state index in [2.05, 4.69) is 76.1 Å². The minimum Gasteiger partial charge on any atom is -0.485 e. The van der Waals surface area contributed by atoms with Gasteiger partial charge in [0.2, 0.25) is 5.95 Å². The molecule has 2 aliphatic heterocycles. The molecule has 2 aromatic heterocycles. The second-order valence-electron chi connectivity index (χ2n) is 14.6. The molecule has 11 nitrogen and oxygen atoms in total. The Morgan fingerprint density at radius 1 is 1.02 bits per heavy atom. The number of benzene rings is 2. The summed E-state index contributed by atoms with van der Waals surface area (Å²) in [7, 11) is 5.84. The van der Waals surface area contributed by atoms with Crippen LogP contribution in [0.15, 0.2) is 97.5 Å². The third-order valence-electron chi connectivity index (χ3n) is 10.9. The smallest absolute Gasteiger partial charge is 0.224 e. The Kier molecular flexibility index (Phi) is 10.9. The summed E-state index contributed by atoms with van der Waals surface area (Å²) in [6.07, 6.45) is 10.2. The third-order valence-corrected chi connectivity index (χ3v) is 11.2. The predicted molar refractivity (Wildman–Crippen MR) is 223 cm³/mol. The first-order valence-corrected chi connectivity index (χ1v) is 19.1. The number of fused-ring (bicyclic) bond motifs is 2. The normalized spacial score (nSPS) is 19.9. The minimum absolute atomic E-state index is 0.181. The van der Waals surface area contributed by atoms with Crippen LogP contribution in [-0.4, -0.2) is 53.5 Å². The lowest BCUT2D eigenvalue weighted by atomic mass is 9.82. The van der Waals surface area contributed by atoms with Gasteiger partial charge in [-0.25, -0.2) is 4.98 Å². The molecule has 282 valence electrons. The van der Waals surface area contributed by atoms with Gasteiger partial charge in [-0.1, -0.05) is 50.0 Å². The summed E-state index contributed by atoms with van der Waals surface area (Å²) >= 11 is 6.57. The van der Waals surface area contributed by atoms with E-state index >= 15 is 0 Å². The number of rotatable bonds is 13. The fraction of sp³-hybridized carbons (Fsp3) is 0.357. The summed E-state index contributed by atoms with van der Waals surface area (Å²) in [6, 6.07) is 12.6. The van der Waals surface area contributed by atoms with Crippen molar-refractivity contribution in [2.45, 2.75) is 44.4 Å². The maximum atomic E-state index is 6.57. The van der Waals surface area contributed by atoms with Crippen molar-refractivity contribution in [3.05, 3.63) is 114 Å². The molecule has 3 aliphatic rings. The zero-order valence-electron chi connectivity index (χ0n) is 31.6. The van der Waals surface area contributed by atoms with Crippen LogP contribution in [-0.2, 0) is 11.8 Å². The highest BCUT2D eigenvalue weighted by molar-refractivity contribution is 6.32.